The van der Waals surface area contributed by atoms with E-state index < -0.39 is 13.2 Å². The Bertz CT molecular complexity index is 1140. The zero-order valence-electron chi connectivity index (χ0n) is 22.2. The van der Waals surface area contributed by atoms with Crippen LogP contribution in [0.4, 0.5) is 11.4 Å². The highest BCUT2D eigenvalue weighted by Gasteiger charge is 2.43. The molecule has 3 aromatic rings. The summed E-state index contributed by atoms with van der Waals surface area (Å²) in [6.07, 6.45) is 6.70. The standard InChI is InChI=1S/C30H40N3O2P/c1-22(2)28-18-13-23(3)20-29(28)35-36(34,27-16-14-26(15-17-27)33(4)5)30(24-10-9-19-31-21-24)32-25-11-7-6-8-12-25/h6-12,14-17,19,21-23,28-30,32H,13,18,20H2,1-5H3/t23-,28-,29-,30+,36-/m1/s1. The minimum atomic E-state index is -3.46. The van der Waals surface area contributed by atoms with Gasteiger partial charge in [0, 0.05) is 48.7 Å². The van der Waals surface area contributed by atoms with Crippen molar-refractivity contribution >= 4 is 24.0 Å². The van der Waals surface area contributed by atoms with Crippen LogP contribution in [0.1, 0.15) is 51.4 Å². The van der Waals surface area contributed by atoms with Crippen molar-refractivity contribution < 1.29 is 9.09 Å². The highest BCUT2D eigenvalue weighted by Crippen LogP contribution is 2.61. The van der Waals surface area contributed by atoms with Gasteiger partial charge in [-0.1, -0.05) is 51.5 Å². The molecule has 0 unspecified atom stereocenters. The van der Waals surface area contributed by atoms with Crippen LogP contribution in [0.2, 0.25) is 0 Å². The number of pyridine rings is 1. The van der Waals surface area contributed by atoms with Gasteiger partial charge in [-0.15, -0.1) is 0 Å². The van der Waals surface area contributed by atoms with E-state index in [4.69, 9.17) is 4.52 Å². The van der Waals surface area contributed by atoms with Crippen molar-refractivity contribution in [3.05, 3.63) is 84.7 Å². The zero-order valence-corrected chi connectivity index (χ0v) is 23.1. The molecule has 0 amide bonds. The van der Waals surface area contributed by atoms with Gasteiger partial charge >= 0.3 is 0 Å². The molecule has 36 heavy (non-hydrogen) atoms. The first-order chi connectivity index (χ1) is 17.3. The fraction of sp³-hybridized carbons (Fsp3) is 0.433. The Morgan fingerprint density at radius 2 is 1.72 bits per heavy atom. The summed E-state index contributed by atoms with van der Waals surface area (Å²) in [6.45, 7) is 6.80. The van der Waals surface area contributed by atoms with Gasteiger partial charge in [-0.2, -0.15) is 0 Å². The van der Waals surface area contributed by atoms with Crippen LogP contribution >= 0.6 is 7.37 Å². The van der Waals surface area contributed by atoms with Crippen molar-refractivity contribution in [1.29, 1.82) is 0 Å². The van der Waals surface area contributed by atoms with Crippen molar-refractivity contribution in [2.75, 3.05) is 24.3 Å². The molecule has 5 atom stereocenters. The summed E-state index contributed by atoms with van der Waals surface area (Å²) < 4.78 is 22.4. The average molecular weight is 506 g/mol. The first-order valence-corrected chi connectivity index (χ1v) is 14.7. The second-order valence-electron chi connectivity index (χ2n) is 10.7. The molecule has 6 heteroatoms. The van der Waals surface area contributed by atoms with Gasteiger partial charge in [0.2, 0.25) is 0 Å². The van der Waals surface area contributed by atoms with Crippen molar-refractivity contribution in [2.45, 2.75) is 51.9 Å². The Morgan fingerprint density at radius 1 is 1.00 bits per heavy atom. The summed E-state index contributed by atoms with van der Waals surface area (Å²) in [5.41, 5.74) is 2.81. The zero-order chi connectivity index (χ0) is 25.7. The molecule has 0 spiro atoms. The van der Waals surface area contributed by atoms with Gasteiger partial charge in [-0.05, 0) is 73.1 Å². The van der Waals surface area contributed by atoms with Crippen LogP contribution in [0, 0.1) is 17.8 Å². The molecule has 0 saturated heterocycles. The number of hydrogen-bond donors (Lipinski definition) is 1. The molecule has 1 aliphatic rings. The molecule has 5 nitrogen and oxygen atoms in total. The van der Waals surface area contributed by atoms with E-state index in [2.05, 4.69) is 31.1 Å². The van der Waals surface area contributed by atoms with E-state index in [1.807, 2.05) is 85.7 Å². The third kappa shape index (κ3) is 6.02. The van der Waals surface area contributed by atoms with Crippen LogP contribution in [0.3, 0.4) is 0 Å². The topological polar surface area (TPSA) is 54.5 Å². The van der Waals surface area contributed by atoms with E-state index in [0.717, 1.165) is 35.1 Å². The van der Waals surface area contributed by atoms with Crippen molar-refractivity contribution in [3.63, 3.8) is 0 Å². The van der Waals surface area contributed by atoms with Crippen LogP contribution in [0.15, 0.2) is 79.1 Å². The van der Waals surface area contributed by atoms with Gasteiger partial charge in [0.15, 0.2) is 0 Å². The molecule has 1 fully saturated rings. The smallest absolute Gasteiger partial charge is 0.258 e. The number of hydrogen-bond acceptors (Lipinski definition) is 5. The molecule has 1 heterocycles. The van der Waals surface area contributed by atoms with E-state index in [9.17, 15) is 0 Å². The van der Waals surface area contributed by atoms with Gasteiger partial charge in [0.25, 0.3) is 7.37 Å². The third-order valence-electron chi connectivity index (χ3n) is 7.40. The molecule has 4 rings (SSSR count). The van der Waals surface area contributed by atoms with Crippen molar-refractivity contribution in [2.24, 2.45) is 17.8 Å². The van der Waals surface area contributed by atoms with E-state index in [1.54, 1.807) is 12.4 Å². The predicted molar refractivity (Wildman–Crippen MR) is 151 cm³/mol. The summed E-state index contributed by atoms with van der Waals surface area (Å²) in [7, 11) is 0.561. The van der Waals surface area contributed by atoms with E-state index in [0.29, 0.717) is 17.8 Å². The second kappa shape index (κ2) is 11.6. The maximum absolute atomic E-state index is 15.4. The highest BCUT2D eigenvalue weighted by molar-refractivity contribution is 7.67. The second-order valence-corrected chi connectivity index (χ2v) is 13.1. The lowest BCUT2D eigenvalue weighted by atomic mass is 9.75. The molecule has 1 aliphatic carbocycles. The predicted octanol–water partition coefficient (Wildman–Crippen LogP) is 7.34. The first-order valence-electron chi connectivity index (χ1n) is 13.1. The normalized spacial score (nSPS) is 22.6. The maximum atomic E-state index is 15.4. The van der Waals surface area contributed by atoms with Crippen LogP contribution < -0.4 is 15.5 Å². The number of para-hydroxylation sites is 1. The van der Waals surface area contributed by atoms with Crippen LogP contribution in [-0.4, -0.2) is 25.2 Å². The summed E-state index contributed by atoms with van der Waals surface area (Å²) in [4.78, 5) is 6.42. The van der Waals surface area contributed by atoms with E-state index in [1.165, 1.54) is 6.42 Å². The number of nitrogens with one attached hydrogen (secondary N) is 1. The Morgan fingerprint density at radius 3 is 2.33 bits per heavy atom. The molecule has 1 saturated carbocycles. The lowest BCUT2D eigenvalue weighted by Gasteiger charge is -2.41. The summed E-state index contributed by atoms with van der Waals surface area (Å²) in [5, 5.41) is 4.31. The molecule has 2 aromatic carbocycles. The molecule has 192 valence electrons. The lowest BCUT2D eigenvalue weighted by Crippen LogP contribution is -2.35. The maximum Gasteiger partial charge on any atom is 0.258 e. The third-order valence-corrected chi connectivity index (χ3v) is 10.1. The number of anilines is 2. The van der Waals surface area contributed by atoms with Crippen molar-refractivity contribution in [1.82, 2.24) is 4.98 Å². The average Bonchev–Trinajstić information content (AvgIpc) is 2.88. The quantitative estimate of drug-likeness (QED) is 0.308. The van der Waals surface area contributed by atoms with E-state index >= 15 is 4.57 Å². The van der Waals surface area contributed by atoms with Gasteiger partial charge < -0.3 is 14.7 Å². The number of nitrogens with zero attached hydrogens (tertiary/aromatic N) is 2. The highest BCUT2D eigenvalue weighted by atomic mass is 31.2. The van der Waals surface area contributed by atoms with Gasteiger partial charge in [0.1, 0.15) is 5.78 Å². The summed E-state index contributed by atoms with van der Waals surface area (Å²) >= 11 is 0. The Balaban J connectivity index is 1.83. The fourth-order valence-corrected chi connectivity index (χ4v) is 7.88. The first kappa shape index (κ1) is 26.4. The molecule has 1 N–H and O–H groups in total. The minimum absolute atomic E-state index is 0.0650. The molecular weight excluding hydrogens is 465 g/mol. The van der Waals surface area contributed by atoms with Crippen LogP contribution in [0.25, 0.3) is 0 Å². The minimum Gasteiger partial charge on any atom is -0.378 e. The largest absolute Gasteiger partial charge is 0.378 e. The fourth-order valence-electron chi connectivity index (χ4n) is 5.26. The molecule has 0 bridgehead atoms. The van der Waals surface area contributed by atoms with Crippen LogP contribution in [0.5, 0.6) is 0 Å². The monoisotopic (exact) mass is 505 g/mol. The lowest BCUT2D eigenvalue weighted by molar-refractivity contribution is 0.0488. The molecular formula is C30H40N3O2P. The Labute approximate surface area is 216 Å². The number of benzene rings is 2. The Hall–Kier alpha value is -2.62. The van der Waals surface area contributed by atoms with Gasteiger partial charge in [-0.25, -0.2) is 0 Å². The summed E-state index contributed by atoms with van der Waals surface area (Å²) in [5.74, 6) is 0.824. The number of aromatic nitrogens is 1. The molecule has 1 aromatic heterocycles. The summed E-state index contributed by atoms with van der Waals surface area (Å²) in [6, 6.07) is 21.8. The Kier molecular flexibility index (Phi) is 8.54. The van der Waals surface area contributed by atoms with E-state index in [-0.39, 0.29) is 6.10 Å². The van der Waals surface area contributed by atoms with Crippen LogP contribution in [-0.2, 0) is 9.09 Å². The van der Waals surface area contributed by atoms with Gasteiger partial charge in [-0.3, -0.25) is 9.55 Å². The van der Waals surface area contributed by atoms with Crippen molar-refractivity contribution in [3.8, 4) is 0 Å². The number of rotatable bonds is 9. The van der Waals surface area contributed by atoms with Gasteiger partial charge in [0.05, 0.1) is 6.10 Å². The molecule has 0 aliphatic heterocycles. The SMILES string of the molecule is CC(C)[C@H]1CC[C@@H](C)C[C@H]1O[P@](=O)(c1ccc(N(C)C)cc1)[C@H](Nc1ccccc1)c1cccnc1. The molecule has 0 radical (unpaired) electrons.